The third-order valence-corrected chi connectivity index (χ3v) is 6.18. The van der Waals surface area contributed by atoms with Gasteiger partial charge in [0.15, 0.2) is 0 Å². The lowest BCUT2D eigenvalue weighted by Crippen LogP contribution is -2.66. The number of carbonyl (C=O) groups is 1. The van der Waals surface area contributed by atoms with Gasteiger partial charge in [-0.3, -0.25) is 4.79 Å². The largest absolute Gasteiger partial charge is 0.394 e. The molecule has 1 saturated carbocycles. The van der Waals surface area contributed by atoms with E-state index in [2.05, 4.69) is 17.9 Å². The first-order valence-corrected chi connectivity index (χ1v) is 10.3. The van der Waals surface area contributed by atoms with Crippen LogP contribution in [0.25, 0.3) is 0 Å². The number of nitriles is 1. The third kappa shape index (κ3) is 3.82. The molecule has 5 heteroatoms. The van der Waals surface area contributed by atoms with E-state index in [-0.39, 0.29) is 36.2 Å². The summed E-state index contributed by atoms with van der Waals surface area (Å²) in [4.78, 5) is 14.5. The fourth-order valence-corrected chi connectivity index (χ4v) is 4.56. The van der Waals surface area contributed by atoms with Gasteiger partial charge >= 0.3 is 0 Å². The van der Waals surface area contributed by atoms with E-state index in [1.54, 1.807) is 17.0 Å². The number of likely N-dealkylation sites (tertiary alicyclic amines) is 1. The van der Waals surface area contributed by atoms with Crippen LogP contribution in [0.4, 0.5) is 4.39 Å². The van der Waals surface area contributed by atoms with E-state index in [4.69, 9.17) is 0 Å². The molecule has 0 radical (unpaired) electrons. The number of halogens is 1. The van der Waals surface area contributed by atoms with E-state index in [0.717, 1.165) is 42.4 Å². The lowest BCUT2D eigenvalue weighted by Gasteiger charge is -2.52. The molecule has 152 valence electrons. The number of hydrogen-bond donors (Lipinski definition) is 1. The minimum atomic E-state index is -0.550. The van der Waals surface area contributed by atoms with Crippen LogP contribution in [0.15, 0.2) is 48.5 Å². The second-order valence-corrected chi connectivity index (χ2v) is 7.96. The first-order valence-electron chi connectivity index (χ1n) is 10.3. The molecule has 3 atom stereocenters. The number of aliphatic hydroxyl groups is 1. The Labute approximate surface area is 175 Å². The van der Waals surface area contributed by atoms with Crippen LogP contribution in [0.3, 0.4) is 0 Å². The van der Waals surface area contributed by atoms with Crippen LogP contribution in [0, 0.1) is 34.9 Å². The molecular weight excluding hydrogens is 379 g/mol. The Balaban J connectivity index is 1.50. The number of rotatable bonds is 3. The maximum atomic E-state index is 13.0. The van der Waals surface area contributed by atoms with Gasteiger partial charge in [-0.25, -0.2) is 4.39 Å². The summed E-state index contributed by atoms with van der Waals surface area (Å²) in [5.41, 5.74) is 2.45. The van der Waals surface area contributed by atoms with Gasteiger partial charge in [-0.15, -0.1) is 0 Å². The van der Waals surface area contributed by atoms with E-state index in [0.29, 0.717) is 0 Å². The minimum absolute atomic E-state index is 0.0103. The van der Waals surface area contributed by atoms with Crippen LogP contribution in [-0.2, 0) is 4.79 Å². The zero-order valence-electron chi connectivity index (χ0n) is 16.6. The molecular formula is C25H23FN2O2. The normalized spacial score (nSPS) is 23.2. The third-order valence-electron chi connectivity index (χ3n) is 6.18. The molecule has 2 aliphatic rings. The quantitative estimate of drug-likeness (QED) is 0.798. The Morgan fingerprint density at radius 1 is 1.03 bits per heavy atom. The van der Waals surface area contributed by atoms with Crippen molar-refractivity contribution in [3.05, 3.63) is 71.0 Å². The highest BCUT2D eigenvalue weighted by Crippen LogP contribution is 2.42. The summed E-state index contributed by atoms with van der Waals surface area (Å²) in [6.45, 7) is -0.159. The average Bonchev–Trinajstić information content (AvgIpc) is 3.29. The summed E-state index contributed by atoms with van der Waals surface area (Å²) in [5, 5.41) is 19.6. The van der Waals surface area contributed by atoms with Crippen molar-refractivity contribution in [2.45, 2.75) is 43.7 Å². The predicted octanol–water partition coefficient (Wildman–Crippen LogP) is 3.59. The maximum absolute atomic E-state index is 13.0. The van der Waals surface area contributed by atoms with Crippen molar-refractivity contribution in [2.24, 2.45) is 5.92 Å². The first kappa shape index (κ1) is 20.1. The van der Waals surface area contributed by atoms with Crippen molar-refractivity contribution in [3.8, 4) is 17.9 Å². The molecule has 2 aromatic rings. The standard InChI is InChI=1S/C25H23FN2O2/c26-21-13-9-18(10-14-21)6-5-17-7-11-19(12-8-17)24-22(15-27)28(23(24)16-29)25(30)20-3-1-2-4-20/h7-14,20,22-24,29H,1-4,16H2/t22-,23+,24-/m1/s1. The molecule has 1 amide bonds. The molecule has 0 bridgehead atoms. The van der Waals surface area contributed by atoms with Gasteiger partial charge in [-0.05, 0) is 54.8 Å². The summed E-state index contributed by atoms with van der Waals surface area (Å²) in [5.74, 6) is 5.54. The monoisotopic (exact) mass is 402 g/mol. The van der Waals surface area contributed by atoms with Crippen LogP contribution in [0.1, 0.15) is 48.3 Å². The molecule has 1 aliphatic heterocycles. The maximum Gasteiger partial charge on any atom is 0.227 e. The Hall–Kier alpha value is -3.15. The van der Waals surface area contributed by atoms with Crippen molar-refractivity contribution in [1.82, 2.24) is 4.90 Å². The van der Waals surface area contributed by atoms with Gasteiger partial charge in [0.2, 0.25) is 5.91 Å². The van der Waals surface area contributed by atoms with Crippen molar-refractivity contribution in [1.29, 1.82) is 5.26 Å². The zero-order valence-corrected chi connectivity index (χ0v) is 16.6. The van der Waals surface area contributed by atoms with E-state index >= 15 is 0 Å². The molecule has 30 heavy (non-hydrogen) atoms. The highest BCUT2D eigenvalue weighted by Gasteiger charge is 2.52. The molecule has 2 fully saturated rings. The molecule has 1 heterocycles. The average molecular weight is 402 g/mol. The smallest absolute Gasteiger partial charge is 0.227 e. The van der Waals surface area contributed by atoms with Crippen LogP contribution in [-0.4, -0.2) is 34.6 Å². The lowest BCUT2D eigenvalue weighted by atomic mass is 9.75. The first-order chi connectivity index (χ1) is 14.6. The molecule has 2 aromatic carbocycles. The molecule has 4 nitrogen and oxygen atoms in total. The topological polar surface area (TPSA) is 64.3 Å². The summed E-state index contributed by atoms with van der Waals surface area (Å²) in [6.07, 6.45) is 3.85. The van der Waals surface area contributed by atoms with Crippen molar-refractivity contribution >= 4 is 5.91 Å². The van der Waals surface area contributed by atoms with Gasteiger partial charge in [0.1, 0.15) is 11.9 Å². The Morgan fingerprint density at radius 3 is 2.13 bits per heavy atom. The number of nitrogens with zero attached hydrogens (tertiary/aromatic N) is 2. The summed E-state index contributed by atoms with van der Waals surface area (Å²) < 4.78 is 13.0. The van der Waals surface area contributed by atoms with Crippen LogP contribution < -0.4 is 0 Å². The predicted molar refractivity (Wildman–Crippen MR) is 111 cm³/mol. The van der Waals surface area contributed by atoms with E-state index < -0.39 is 6.04 Å². The van der Waals surface area contributed by atoms with Crippen molar-refractivity contribution in [3.63, 3.8) is 0 Å². The highest BCUT2D eigenvalue weighted by molar-refractivity contribution is 5.82. The van der Waals surface area contributed by atoms with E-state index in [1.165, 1.54) is 12.1 Å². The SMILES string of the molecule is N#C[C@@H]1[C@@H](c2ccc(C#Cc3ccc(F)cc3)cc2)[C@H](CO)N1C(=O)C1CCCC1. The number of amides is 1. The number of carbonyl (C=O) groups excluding carboxylic acids is 1. The summed E-state index contributed by atoms with van der Waals surface area (Å²) in [6, 6.07) is 14.9. The van der Waals surface area contributed by atoms with Crippen molar-refractivity contribution < 1.29 is 14.3 Å². The van der Waals surface area contributed by atoms with Crippen LogP contribution in [0.2, 0.25) is 0 Å². The summed E-state index contributed by atoms with van der Waals surface area (Å²) >= 11 is 0. The molecule has 0 spiro atoms. The van der Waals surface area contributed by atoms with E-state index in [9.17, 15) is 19.6 Å². The van der Waals surface area contributed by atoms with Gasteiger partial charge in [0.05, 0.1) is 18.7 Å². The molecule has 0 unspecified atom stereocenters. The van der Waals surface area contributed by atoms with Crippen molar-refractivity contribution in [2.75, 3.05) is 6.61 Å². The second kappa shape index (κ2) is 8.69. The van der Waals surface area contributed by atoms with Gasteiger partial charge < -0.3 is 10.0 Å². The number of aliphatic hydroxyl groups excluding tert-OH is 1. The van der Waals surface area contributed by atoms with E-state index in [1.807, 2.05) is 24.3 Å². The number of hydrogen-bond acceptors (Lipinski definition) is 3. The van der Waals surface area contributed by atoms with Crippen LogP contribution in [0.5, 0.6) is 0 Å². The van der Waals surface area contributed by atoms with Gasteiger partial charge in [0.25, 0.3) is 0 Å². The highest BCUT2D eigenvalue weighted by atomic mass is 19.1. The molecule has 0 aromatic heterocycles. The molecule has 4 rings (SSSR count). The Kier molecular flexibility index (Phi) is 5.84. The van der Waals surface area contributed by atoms with Gasteiger partial charge in [-0.1, -0.05) is 36.8 Å². The molecule has 1 aliphatic carbocycles. The zero-order chi connectivity index (χ0) is 21.1. The van der Waals surface area contributed by atoms with Gasteiger partial charge in [-0.2, -0.15) is 5.26 Å². The molecule has 1 N–H and O–H groups in total. The van der Waals surface area contributed by atoms with Crippen LogP contribution >= 0.6 is 0 Å². The summed E-state index contributed by atoms with van der Waals surface area (Å²) in [7, 11) is 0. The fraction of sp³-hybridized carbons (Fsp3) is 0.360. The second-order valence-electron chi connectivity index (χ2n) is 7.96. The van der Waals surface area contributed by atoms with Gasteiger partial charge in [0, 0.05) is 23.0 Å². The lowest BCUT2D eigenvalue weighted by molar-refractivity contribution is -0.151. The fourth-order valence-electron chi connectivity index (χ4n) is 4.56. The number of benzene rings is 2. The Bertz CT molecular complexity index is 1010. The molecule has 1 saturated heterocycles. The minimum Gasteiger partial charge on any atom is -0.394 e. The Morgan fingerprint density at radius 2 is 1.60 bits per heavy atom.